The number of fused-ring (bicyclic) bond motifs is 1. The van der Waals surface area contributed by atoms with Crippen molar-refractivity contribution in [3.05, 3.63) is 156 Å². The zero-order valence-corrected chi connectivity index (χ0v) is 25.9. The highest BCUT2D eigenvalue weighted by Gasteiger charge is 2.34. The SMILES string of the molecule is O=C(C(Cc1ccccc1)N(Cc1ccc(-c2cncnc2)cc1)C(=O)C=Cc1ccc(C(F)(F)F)nc1)N1CCc2ccccc2C1. The van der Waals surface area contributed by atoms with E-state index in [4.69, 9.17) is 0 Å². The third kappa shape index (κ3) is 7.83. The van der Waals surface area contributed by atoms with E-state index in [0.29, 0.717) is 25.1 Å². The Kier molecular flexibility index (Phi) is 9.70. The predicted molar refractivity (Wildman–Crippen MR) is 176 cm³/mol. The highest BCUT2D eigenvalue weighted by Crippen LogP contribution is 2.28. The quantitative estimate of drug-likeness (QED) is 0.165. The molecule has 0 aliphatic carbocycles. The van der Waals surface area contributed by atoms with Crippen LogP contribution in [-0.2, 0) is 41.7 Å². The molecule has 2 aromatic heterocycles. The lowest BCUT2D eigenvalue weighted by atomic mass is 9.97. The molecule has 0 bridgehead atoms. The molecular weight excluding hydrogens is 615 g/mol. The monoisotopic (exact) mass is 647 g/mol. The average Bonchev–Trinajstić information content (AvgIpc) is 3.12. The van der Waals surface area contributed by atoms with E-state index in [0.717, 1.165) is 40.1 Å². The number of rotatable bonds is 9. The minimum Gasteiger partial charge on any atom is -0.336 e. The summed E-state index contributed by atoms with van der Waals surface area (Å²) in [5.41, 5.74) is 5.00. The summed E-state index contributed by atoms with van der Waals surface area (Å²) in [6.45, 7) is 1.07. The van der Waals surface area contributed by atoms with Crippen LogP contribution in [0.1, 0.15) is 33.5 Å². The van der Waals surface area contributed by atoms with Crippen LogP contribution in [0, 0.1) is 0 Å². The van der Waals surface area contributed by atoms with Gasteiger partial charge >= 0.3 is 6.18 Å². The van der Waals surface area contributed by atoms with Crippen molar-refractivity contribution in [2.24, 2.45) is 0 Å². The predicted octanol–water partition coefficient (Wildman–Crippen LogP) is 6.80. The molecule has 0 spiro atoms. The third-order valence-electron chi connectivity index (χ3n) is 8.35. The van der Waals surface area contributed by atoms with E-state index in [1.165, 1.54) is 30.1 Å². The van der Waals surface area contributed by atoms with Gasteiger partial charge in [0.1, 0.15) is 18.1 Å². The Bertz CT molecular complexity index is 1880. The van der Waals surface area contributed by atoms with E-state index in [1.807, 2.05) is 72.8 Å². The van der Waals surface area contributed by atoms with Gasteiger partial charge in [-0.3, -0.25) is 14.6 Å². The van der Waals surface area contributed by atoms with Crippen molar-refractivity contribution in [3.8, 4) is 11.1 Å². The molecule has 0 fully saturated rings. The molecule has 48 heavy (non-hydrogen) atoms. The topological polar surface area (TPSA) is 79.3 Å². The van der Waals surface area contributed by atoms with Crippen LogP contribution in [0.3, 0.4) is 0 Å². The van der Waals surface area contributed by atoms with Gasteiger partial charge in [-0.1, -0.05) is 84.9 Å². The molecule has 0 saturated carbocycles. The standard InChI is InChI=1S/C38H32F3N5O2/c39-38(40,41)35-16-12-28(21-44-35)13-17-36(47)46(24-29-10-14-31(15-11-29)33-22-42-26-43-23-33)34(20-27-6-2-1-3-7-27)37(48)45-19-18-30-8-4-5-9-32(30)25-45/h1-17,21-23,26,34H,18-20,24-25H2. The summed E-state index contributed by atoms with van der Waals surface area (Å²) < 4.78 is 39.2. The second-order valence-corrected chi connectivity index (χ2v) is 11.6. The lowest BCUT2D eigenvalue weighted by Crippen LogP contribution is -2.52. The first-order valence-electron chi connectivity index (χ1n) is 15.5. The average molecular weight is 648 g/mol. The van der Waals surface area contributed by atoms with Crippen molar-refractivity contribution >= 4 is 17.9 Å². The van der Waals surface area contributed by atoms with E-state index in [2.05, 4.69) is 21.0 Å². The normalized spacial score (nSPS) is 13.6. The summed E-state index contributed by atoms with van der Waals surface area (Å²) in [5, 5.41) is 0. The largest absolute Gasteiger partial charge is 0.433 e. The number of hydrogen-bond acceptors (Lipinski definition) is 5. The summed E-state index contributed by atoms with van der Waals surface area (Å²) in [7, 11) is 0. The molecule has 2 amide bonds. The first-order valence-corrected chi connectivity index (χ1v) is 15.5. The minimum atomic E-state index is -4.57. The van der Waals surface area contributed by atoms with Crippen molar-refractivity contribution in [2.45, 2.75) is 38.1 Å². The van der Waals surface area contributed by atoms with Crippen molar-refractivity contribution in [1.82, 2.24) is 24.8 Å². The molecule has 0 radical (unpaired) electrons. The fourth-order valence-electron chi connectivity index (χ4n) is 5.79. The first kappa shape index (κ1) is 32.3. The van der Waals surface area contributed by atoms with Crippen LogP contribution in [-0.4, -0.2) is 49.2 Å². The fraction of sp³-hybridized carbons (Fsp3) is 0.184. The first-order chi connectivity index (χ1) is 23.2. The summed E-state index contributed by atoms with van der Waals surface area (Å²) in [4.78, 5) is 43.6. The van der Waals surface area contributed by atoms with Gasteiger partial charge in [-0.15, -0.1) is 0 Å². The number of amides is 2. The number of alkyl halides is 3. The van der Waals surface area contributed by atoms with Crippen LogP contribution in [0.4, 0.5) is 13.2 Å². The van der Waals surface area contributed by atoms with Crippen LogP contribution in [0.15, 0.2) is 122 Å². The molecule has 7 nitrogen and oxygen atoms in total. The molecule has 1 unspecified atom stereocenters. The number of carbonyl (C=O) groups is 2. The van der Waals surface area contributed by atoms with Crippen molar-refractivity contribution in [2.75, 3.05) is 6.54 Å². The molecule has 5 aromatic rings. The summed E-state index contributed by atoms with van der Waals surface area (Å²) in [5.74, 6) is -0.633. The molecule has 3 aromatic carbocycles. The van der Waals surface area contributed by atoms with Gasteiger partial charge in [0.2, 0.25) is 11.8 Å². The maximum absolute atomic E-state index is 14.5. The van der Waals surface area contributed by atoms with Gasteiger partial charge in [0, 0.05) is 56.3 Å². The fourth-order valence-corrected chi connectivity index (χ4v) is 5.79. The van der Waals surface area contributed by atoms with E-state index in [1.54, 1.807) is 22.2 Å². The molecule has 1 aliphatic heterocycles. The van der Waals surface area contributed by atoms with Crippen LogP contribution >= 0.6 is 0 Å². The Morgan fingerprint density at radius 1 is 0.812 bits per heavy atom. The number of carbonyl (C=O) groups excluding carboxylic acids is 2. The van der Waals surface area contributed by atoms with Gasteiger partial charge in [-0.25, -0.2) is 9.97 Å². The Morgan fingerprint density at radius 2 is 1.52 bits per heavy atom. The molecule has 242 valence electrons. The lowest BCUT2D eigenvalue weighted by Gasteiger charge is -2.37. The van der Waals surface area contributed by atoms with E-state index >= 15 is 0 Å². The van der Waals surface area contributed by atoms with Crippen molar-refractivity contribution in [1.29, 1.82) is 0 Å². The van der Waals surface area contributed by atoms with Crippen LogP contribution in [0.2, 0.25) is 0 Å². The van der Waals surface area contributed by atoms with Crippen molar-refractivity contribution in [3.63, 3.8) is 0 Å². The second kappa shape index (κ2) is 14.4. The Morgan fingerprint density at radius 3 is 2.21 bits per heavy atom. The highest BCUT2D eigenvalue weighted by molar-refractivity contribution is 5.95. The number of hydrogen-bond donors (Lipinski definition) is 0. The summed E-state index contributed by atoms with van der Waals surface area (Å²) in [6, 6.07) is 26.5. The number of halogens is 3. The number of aromatic nitrogens is 3. The van der Waals surface area contributed by atoms with E-state index in [9.17, 15) is 22.8 Å². The number of nitrogens with zero attached hydrogens (tertiary/aromatic N) is 5. The number of pyridine rings is 1. The Balaban J connectivity index is 1.34. The molecular formula is C38H32F3N5O2. The second-order valence-electron chi connectivity index (χ2n) is 11.6. The number of benzene rings is 3. The van der Waals surface area contributed by atoms with E-state index < -0.39 is 23.8 Å². The molecule has 10 heteroatoms. The lowest BCUT2D eigenvalue weighted by molar-refractivity contribution is -0.144. The summed E-state index contributed by atoms with van der Waals surface area (Å²) >= 11 is 0. The summed E-state index contributed by atoms with van der Waals surface area (Å²) in [6.07, 6.45) is 5.07. The van der Waals surface area contributed by atoms with Crippen LogP contribution in [0.5, 0.6) is 0 Å². The van der Waals surface area contributed by atoms with Gasteiger partial charge in [-0.05, 0) is 51.9 Å². The van der Waals surface area contributed by atoms with Gasteiger partial charge in [-0.2, -0.15) is 13.2 Å². The molecule has 3 heterocycles. The molecule has 0 saturated heterocycles. The maximum Gasteiger partial charge on any atom is 0.433 e. The zero-order chi connectivity index (χ0) is 33.5. The Labute approximate surface area is 276 Å². The molecule has 1 aliphatic rings. The van der Waals surface area contributed by atoms with Gasteiger partial charge in [0.25, 0.3) is 0 Å². The van der Waals surface area contributed by atoms with E-state index in [-0.39, 0.29) is 18.9 Å². The smallest absolute Gasteiger partial charge is 0.336 e. The molecule has 6 rings (SSSR count). The van der Waals surface area contributed by atoms with Gasteiger partial charge < -0.3 is 9.80 Å². The van der Waals surface area contributed by atoms with Crippen molar-refractivity contribution < 1.29 is 22.8 Å². The third-order valence-corrected chi connectivity index (χ3v) is 8.35. The van der Waals surface area contributed by atoms with Crippen LogP contribution < -0.4 is 0 Å². The van der Waals surface area contributed by atoms with Gasteiger partial charge in [0.15, 0.2) is 0 Å². The minimum absolute atomic E-state index is 0.119. The highest BCUT2D eigenvalue weighted by atomic mass is 19.4. The molecule has 0 N–H and O–H groups in total. The Hall–Kier alpha value is -5.64. The molecule has 1 atom stereocenters. The zero-order valence-electron chi connectivity index (χ0n) is 25.9. The van der Waals surface area contributed by atoms with Gasteiger partial charge in [0.05, 0.1) is 0 Å². The maximum atomic E-state index is 14.5. The van der Waals surface area contributed by atoms with Crippen LogP contribution in [0.25, 0.3) is 17.2 Å².